The normalized spacial score (nSPS) is 25.5. The summed E-state index contributed by atoms with van der Waals surface area (Å²) in [7, 11) is 1.35. The van der Waals surface area contributed by atoms with Crippen LogP contribution in [-0.4, -0.2) is 25.2 Å². The zero-order chi connectivity index (χ0) is 12.3. The molecule has 1 unspecified atom stereocenters. The molecule has 0 bridgehead atoms. The minimum absolute atomic E-state index is 0.152. The van der Waals surface area contributed by atoms with E-state index in [9.17, 15) is 9.59 Å². The van der Waals surface area contributed by atoms with Crippen molar-refractivity contribution in [2.75, 3.05) is 7.11 Å². The number of hydrogen-bond acceptors (Lipinski definition) is 4. The van der Waals surface area contributed by atoms with Crippen molar-refractivity contribution in [1.82, 2.24) is 0 Å². The van der Waals surface area contributed by atoms with Gasteiger partial charge in [0.2, 0.25) is 0 Å². The highest BCUT2D eigenvalue weighted by Gasteiger charge is 2.41. The molecule has 0 aromatic rings. The van der Waals surface area contributed by atoms with Gasteiger partial charge in [-0.3, -0.25) is 4.79 Å². The van der Waals surface area contributed by atoms with Crippen LogP contribution in [0, 0.1) is 5.41 Å². The molecular weight excluding hydrogens is 208 g/mol. The van der Waals surface area contributed by atoms with E-state index in [1.807, 2.05) is 13.8 Å². The van der Waals surface area contributed by atoms with Crippen LogP contribution in [0.5, 0.6) is 0 Å². The van der Waals surface area contributed by atoms with Crippen molar-refractivity contribution >= 4 is 11.9 Å². The monoisotopic (exact) mass is 226 g/mol. The lowest BCUT2D eigenvalue weighted by Crippen LogP contribution is -2.29. The minimum atomic E-state index is -0.355. The molecule has 1 saturated carbocycles. The third-order valence-electron chi connectivity index (χ3n) is 3.11. The predicted octanol–water partition coefficient (Wildman–Crippen LogP) is 1.84. The smallest absolute Gasteiger partial charge is 0.330 e. The van der Waals surface area contributed by atoms with Gasteiger partial charge in [-0.2, -0.15) is 0 Å². The Kier molecular flexibility index (Phi) is 3.73. The second kappa shape index (κ2) is 4.68. The number of hydrogen-bond donors (Lipinski definition) is 0. The summed E-state index contributed by atoms with van der Waals surface area (Å²) < 4.78 is 9.84. The molecule has 1 atom stereocenters. The van der Waals surface area contributed by atoms with Gasteiger partial charge >= 0.3 is 11.9 Å². The number of esters is 2. The van der Waals surface area contributed by atoms with E-state index in [-0.39, 0.29) is 23.5 Å². The summed E-state index contributed by atoms with van der Waals surface area (Å²) in [6.07, 6.45) is 2.87. The van der Waals surface area contributed by atoms with Gasteiger partial charge in [0, 0.05) is 18.4 Å². The Labute approximate surface area is 95.6 Å². The highest BCUT2D eigenvalue weighted by Crippen LogP contribution is 2.44. The lowest BCUT2D eigenvalue weighted by atomic mass is 9.84. The van der Waals surface area contributed by atoms with Crippen LogP contribution in [0.15, 0.2) is 11.6 Å². The van der Waals surface area contributed by atoms with E-state index in [4.69, 9.17) is 4.74 Å². The molecule has 1 fully saturated rings. The van der Waals surface area contributed by atoms with Crippen LogP contribution in [0.3, 0.4) is 0 Å². The Morgan fingerprint density at radius 3 is 2.56 bits per heavy atom. The first-order valence-electron chi connectivity index (χ1n) is 5.34. The van der Waals surface area contributed by atoms with Gasteiger partial charge in [0.25, 0.3) is 0 Å². The van der Waals surface area contributed by atoms with Gasteiger partial charge in [0.1, 0.15) is 6.10 Å². The van der Waals surface area contributed by atoms with Crippen LogP contribution >= 0.6 is 0 Å². The molecular formula is C12H18O4. The van der Waals surface area contributed by atoms with Crippen molar-refractivity contribution in [3.05, 3.63) is 11.6 Å². The maximum absolute atomic E-state index is 11.2. The standard InChI is InChI=1S/C12H18O4/c1-8(13)16-10-6-5-9(12(10,2)3)7-11(14)15-4/h7,10H,5-6H2,1-4H3. The molecule has 1 aliphatic rings. The van der Waals surface area contributed by atoms with Crippen LogP contribution in [0.2, 0.25) is 0 Å². The van der Waals surface area contributed by atoms with Crippen molar-refractivity contribution in [2.45, 2.75) is 39.7 Å². The van der Waals surface area contributed by atoms with Crippen molar-refractivity contribution in [2.24, 2.45) is 5.41 Å². The summed E-state index contributed by atoms with van der Waals surface area (Å²) >= 11 is 0. The molecule has 1 rings (SSSR count). The van der Waals surface area contributed by atoms with E-state index in [0.717, 1.165) is 18.4 Å². The van der Waals surface area contributed by atoms with Gasteiger partial charge < -0.3 is 9.47 Å². The third kappa shape index (κ3) is 2.62. The van der Waals surface area contributed by atoms with Gasteiger partial charge in [-0.15, -0.1) is 0 Å². The Morgan fingerprint density at radius 1 is 1.44 bits per heavy atom. The van der Waals surface area contributed by atoms with E-state index in [1.54, 1.807) is 0 Å². The second-order valence-electron chi connectivity index (χ2n) is 4.55. The molecule has 0 spiro atoms. The number of ether oxygens (including phenoxy) is 2. The molecule has 90 valence electrons. The largest absolute Gasteiger partial charge is 0.466 e. The molecule has 16 heavy (non-hydrogen) atoms. The lowest BCUT2D eigenvalue weighted by molar-refractivity contribution is -0.149. The van der Waals surface area contributed by atoms with E-state index in [2.05, 4.69) is 4.74 Å². The molecule has 0 saturated heterocycles. The van der Waals surface area contributed by atoms with Crippen LogP contribution < -0.4 is 0 Å². The molecule has 0 N–H and O–H groups in total. The molecule has 4 nitrogen and oxygen atoms in total. The zero-order valence-corrected chi connectivity index (χ0v) is 10.2. The van der Waals surface area contributed by atoms with E-state index in [0.29, 0.717) is 0 Å². The maximum Gasteiger partial charge on any atom is 0.330 e. The second-order valence-corrected chi connectivity index (χ2v) is 4.55. The van der Waals surface area contributed by atoms with E-state index < -0.39 is 0 Å². The first kappa shape index (κ1) is 12.7. The van der Waals surface area contributed by atoms with Crippen LogP contribution in [0.1, 0.15) is 33.6 Å². The average molecular weight is 226 g/mol. The summed E-state index contributed by atoms with van der Waals surface area (Å²) in [5, 5.41) is 0. The van der Waals surface area contributed by atoms with Crippen LogP contribution in [-0.2, 0) is 19.1 Å². The Bertz CT molecular complexity index is 328. The fourth-order valence-corrected chi connectivity index (χ4v) is 2.04. The molecule has 4 heteroatoms. The molecule has 0 aromatic heterocycles. The summed E-state index contributed by atoms with van der Waals surface area (Å²) in [5.41, 5.74) is 0.686. The van der Waals surface area contributed by atoms with Crippen LogP contribution in [0.25, 0.3) is 0 Å². The van der Waals surface area contributed by atoms with Crippen molar-refractivity contribution < 1.29 is 19.1 Å². The summed E-state index contributed by atoms with van der Waals surface area (Å²) in [6.45, 7) is 5.35. The van der Waals surface area contributed by atoms with E-state index in [1.165, 1.54) is 20.1 Å². The van der Waals surface area contributed by atoms with Crippen molar-refractivity contribution in [3.8, 4) is 0 Å². The van der Waals surface area contributed by atoms with Crippen molar-refractivity contribution in [3.63, 3.8) is 0 Å². The summed E-state index contributed by atoms with van der Waals surface area (Å²) in [5.74, 6) is -0.635. The topological polar surface area (TPSA) is 52.6 Å². The fraction of sp³-hybridized carbons (Fsp3) is 0.667. The molecule has 0 aliphatic heterocycles. The molecule has 0 radical (unpaired) electrons. The predicted molar refractivity (Wildman–Crippen MR) is 58.7 cm³/mol. The van der Waals surface area contributed by atoms with Gasteiger partial charge in [0.05, 0.1) is 7.11 Å². The molecule has 0 aromatic carbocycles. The highest BCUT2D eigenvalue weighted by atomic mass is 16.5. The number of methoxy groups -OCH3 is 1. The molecule has 1 aliphatic carbocycles. The average Bonchev–Trinajstić information content (AvgIpc) is 2.44. The maximum atomic E-state index is 11.2. The zero-order valence-electron chi connectivity index (χ0n) is 10.2. The highest BCUT2D eigenvalue weighted by molar-refractivity contribution is 5.83. The first-order valence-corrected chi connectivity index (χ1v) is 5.34. The Hall–Kier alpha value is -1.32. The van der Waals surface area contributed by atoms with Crippen LogP contribution in [0.4, 0.5) is 0 Å². The molecule has 0 amide bonds. The summed E-state index contributed by atoms with van der Waals surface area (Å²) in [6, 6.07) is 0. The third-order valence-corrected chi connectivity index (χ3v) is 3.11. The lowest BCUT2D eigenvalue weighted by Gasteiger charge is -2.27. The molecule has 0 heterocycles. The number of carbonyl (C=O) groups excluding carboxylic acids is 2. The SMILES string of the molecule is COC(=O)C=C1CCC(OC(C)=O)C1(C)C. The Morgan fingerprint density at radius 2 is 2.06 bits per heavy atom. The number of carbonyl (C=O) groups is 2. The quantitative estimate of drug-likeness (QED) is 0.532. The van der Waals surface area contributed by atoms with Crippen molar-refractivity contribution in [1.29, 1.82) is 0 Å². The minimum Gasteiger partial charge on any atom is -0.466 e. The van der Waals surface area contributed by atoms with E-state index >= 15 is 0 Å². The van der Waals surface area contributed by atoms with Gasteiger partial charge in [-0.25, -0.2) is 4.79 Å². The fourth-order valence-electron chi connectivity index (χ4n) is 2.04. The Balaban J connectivity index is 2.83. The first-order chi connectivity index (χ1) is 7.37. The van der Waals surface area contributed by atoms with Gasteiger partial charge in [-0.05, 0) is 12.8 Å². The number of rotatable bonds is 2. The van der Waals surface area contributed by atoms with Gasteiger partial charge in [-0.1, -0.05) is 19.4 Å². The van der Waals surface area contributed by atoms with Gasteiger partial charge in [0.15, 0.2) is 0 Å². The summed E-state index contributed by atoms with van der Waals surface area (Å²) in [4.78, 5) is 22.1.